The Labute approximate surface area is 49.4 Å². The van der Waals surface area contributed by atoms with Gasteiger partial charge in [-0.3, -0.25) is 0 Å². The van der Waals surface area contributed by atoms with Crippen molar-refractivity contribution < 1.29 is 24.7 Å². The van der Waals surface area contributed by atoms with Crippen molar-refractivity contribution in [2.45, 2.75) is 0 Å². The molecule has 0 radical (unpaired) electrons. The summed E-state index contributed by atoms with van der Waals surface area (Å²) in [7, 11) is 0. The molecule has 0 heterocycles. The summed E-state index contributed by atoms with van der Waals surface area (Å²) in [5.74, 6) is 0. The van der Waals surface area contributed by atoms with Gasteiger partial charge >= 0.3 is 0 Å². The third-order valence-electron chi connectivity index (χ3n) is 0.168. The third-order valence-corrected chi connectivity index (χ3v) is 0.388. The van der Waals surface area contributed by atoms with Crippen LogP contribution in [0.5, 0.6) is 0 Å². The summed E-state index contributed by atoms with van der Waals surface area (Å²) in [6.45, 7) is 0. The Bertz CT molecular complexity index is 77.0. The molecule has 46 valence electrons. The van der Waals surface area contributed by atoms with Gasteiger partial charge in [0.25, 0.3) is 0 Å². The fourth-order valence-electron chi connectivity index (χ4n) is 0.0573. The van der Waals surface area contributed by atoms with Crippen LogP contribution in [0.25, 0.3) is 0 Å². The zero-order valence-corrected chi connectivity index (χ0v) is 4.38. The minimum absolute atomic E-state index is 0.537. The molecule has 0 spiro atoms. The summed E-state index contributed by atoms with van der Waals surface area (Å²) >= 11 is 0.537. The Morgan fingerprint density at radius 3 is 2.75 bits per heavy atom. The van der Waals surface area contributed by atoms with Crippen LogP contribution < -0.4 is 0 Å². The maximum absolute atomic E-state index is 7.38. The largest absolute Gasteiger partial charge is 0.219 e. The third kappa shape index (κ3) is 5.71. The maximum atomic E-state index is 7.38. The van der Waals surface area contributed by atoms with Gasteiger partial charge in [-0.05, 0) is 20.4 Å². The molecule has 8 heavy (non-hydrogen) atoms. The second-order valence-electron chi connectivity index (χ2n) is 0.480. The maximum Gasteiger partial charge on any atom is 0.124 e. The molecule has 5 nitrogen and oxygen atoms in total. The van der Waals surface area contributed by atoms with E-state index in [1.165, 1.54) is 0 Å². The number of rotatable bonds is 4. The second kappa shape index (κ2) is 6.71. The highest BCUT2D eigenvalue weighted by Crippen LogP contribution is 1.98. The lowest BCUT2D eigenvalue weighted by Crippen LogP contribution is -1.88. The first-order chi connectivity index (χ1) is 3.91. The average molecular weight is 138 g/mol. The van der Waals surface area contributed by atoms with E-state index in [0.717, 1.165) is 0 Å². The van der Waals surface area contributed by atoms with E-state index in [1.54, 1.807) is 0 Å². The van der Waals surface area contributed by atoms with Crippen LogP contribution >= 0.6 is 12.0 Å². The highest BCUT2D eigenvalue weighted by molar-refractivity contribution is 7.99. The van der Waals surface area contributed by atoms with Gasteiger partial charge in [-0.25, -0.2) is 5.26 Å². The highest BCUT2D eigenvalue weighted by Gasteiger charge is 1.84. The quantitative estimate of drug-likeness (QED) is 0.201. The number of hydrogen-bond donors (Lipinski definition) is 1. The molecule has 0 amide bonds. The van der Waals surface area contributed by atoms with Gasteiger partial charge in [-0.1, -0.05) is 0 Å². The van der Waals surface area contributed by atoms with E-state index in [0.29, 0.717) is 12.0 Å². The van der Waals surface area contributed by atoms with E-state index in [1.807, 2.05) is 5.25 Å². The van der Waals surface area contributed by atoms with Crippen molar-refractivity contribution >= 4 is 12.0 Å². The van der Waals surface area contributed by atoms with Gasteiger partial charge in [0.15, 0.2) is 0 Å². The Kier molecular flexibility index (Phi) is 6.47. The van der Waals surface area contributed by atoms with Crippen LogP contribution in [0.3, 0.4) is 0 Å². The van der Waals surface area contributed by atoms with Crippen LogP contribution in [-0.4, -0.2) is 5.26 Å². The Balaban J connectivity index is 2.65. The van der Waals surface area contributed by atoms with Crippen molar-refractivity contribution in [3.8, 4) is 11.7 Å². The van der Waals surface area contributed by atoms with Crippen LogP contribution in [0.15, 0.2) is 0 Å². The van der Waals surface area contributed by atoms with Crippen molar-refractivity contribution in [3.63, 3.8) is 0 Å². The highest BCUT2D eigenvalue weighted by atomic mass is 32.2. The van der Waals surface area contributed by atoms with Crippen molar-refractivity contribution in [2.24, 2.45) is 0 Å². The lowest BCUT2D eigenvalue weighted by molar-refractivity contribution is -0.682. The molecule has 0 saturated carbocycles. The smallest absolute Gasteiger partial charge is 0.124 e. The molecule has 0 bridgehead atoms. The molecule has 0 atom stereocenters. The minimum atomic E-state index is 0.537. The van der Waals surface area contributed by atoms with Gasteiger partial charge < -0.3 is 0 Å². The fraction of sp³-hybridized carbons (Fsp3) is 0. The van der Waals surface area contributed by atoms with Crippen LogP contribution in [0, 0.1) is 11.7 Å². The number of terminal acetylenes is 1. The van der Waals surface area contributed by atoms with E-state index >= 15 is 0 Å². The molecular weight excluding hydrogens is 136 g/mol. The normalized spacial score (nSPS) is 8.50. The molecule has 0 saturated heterocycles. The second-order valence-corrected chi connectivity index (χ2v) is 1.02. The zero-order valence-electron chi connectivity index (χ0n) is 3.57. The van der Waals surface area contributed by atoms with E-state index in [9.17, 15) is 0 Å². The van der Waals surface area contributed by atoms with Crippen molar-refractivity contribution in [2.75, 3.05) is 0 Å². The van der Waals surface area contributed by atoms with E-state index in [2.05, 4.69) is 25.9 Å². The molecule has 6 heteroatoms. The molecular formula is C2H2O5S. The van der Waals surface area contributed by atoms with Crippen LogP contribution in [-0.2, 0) is 19.4 Å². The first-order valence-electron chi connectivity index (χ1n) is 1.34. The molecule has 0 aliphatic carbocycles. The van der Waals surface area contributed by atoms with E-state index in [-0.39, 0.29) is 0 Å². The summed E-state index contributed by atoms with van der Waals surface area (Å²) < 4.78 is 3.90. The predicted molar refractivity (Wildman–Crippen MR) is 23.4 cm³/mol. The standard InChI is InChI=1S/C2H2O5S/c1-2-8-7-6-5-4-3/h1,3H. The minimum Gasteiger partial charge on any atom is -0.219 e. The van der Waals surface area contributed by atoms with Crippen molar-refractivity contribution in [3.05, 3.63) is 0 Å². The Hall–Kier alpha value is -0.290. The molecule has 0 aliphatic rings. The first-order valence-corrected chi connectivity index (χ1v) is 2.08. The van der Waals surface area contributed by atoms with Crippen molar-refractivity contribution in [1.29, 1.82) is 0 Å². The molecule has 1 N–H and O–H groups in total. The van der Waals surface area contributed by atoms with Gasteiger partial charge in [-0.2, -0.15) is 0 Å². The van der Waals surface area contributed by atoms with Gasteiger partial charge in [-0.15, -0.1) is 10.8 Å². The van der Waals surface area contributed by atoms with Crippen LogP contribution in [0.2, 0.25) is 0 Å². The molecule has 0 unspecified atom stereocenters. The summed E-state index contributed by atoms with van der Waals surface area (Å²) in [5.41, 5.74) is 0. The SMILES string of the molecule is C#CSOOOOO. The van der Waals surface area contributed by atoms with Crippen LogP contribution in [0.4, 0.5) is 0 Å². The number of hydrogen-bond acceptors (Lipinski definition) is 6. The Morgan fingerprint density at radius 1 is 1.50 bits per heavy atom. The van der Waals surface area contributed by atoms with Gasteiger partial charge in [0, 0.05) is 0 Å². The lowest BCUT2D eigenvalue weighted by Gasteiger charge is -1.88. The molecule has 0 rings (SSSR count). The van der Waals surface area contributed by atoms with Gasteiger partial charge in [0.05, 0.1) is 0 Å². The molecule has 0 fully saturated rings. The summed E-state index contributed by atoms with van der Waals surface area (Å²) in [5, 5.41) is 19.2. The summed E-state index contributed by atoms with van der Waals surface area (Å²) in [6.07, 6.45) is 4.66. The zero-order chi connectivity index (χ0) is 6.24. The van der Waals surface area contributed by atoms with E-state index < -0.39 is 0 Å². The molecule has 0 aromatic rings. The lowest BCUT2D eigenvalue weighted by atomic mass is 11.4. The molecule has 0 aliphatic heterocycles. The van der Waals surface area contributed by atoms with Crippen molar-refractivity contribution in [1.82, 2.24) is 0 Å². The first kappa shape index (κ1) is 7.71. The predicted octanol–water partition coefficient (Wildman–Crippen LogP) is 0.510. The molecule has 0 aromatic heterocycles. The summed E-state index contributed by atoms with van der Waals surface area (Å²) in [6, 6.07) is 0. The van der Waals surface area contributed by atoms with Gasteiger partial charge in [0.1, 0.15) is 12.0 Å². The monoisotopic (exact) mass is 138 g/mol. The Morgan fingerprint density at radius 2 is 2.25 bits per heavy atom. The topological polar surface area (TPSA) is 57.2 Å². The van der Waals surface area contributed by atoms with Crippen LogP contribution in [0.1, 0.15) is 0 Å². The van der Waals surface area contributed by atoms with Gasteiger partial charge in [0.2, 0.25) is 0 Å². The fourth-order valence-corrected chi connectivity index (χ4v) is 0.147. The summed E-state index contributed by atoms with van der Waals surface area (Å²) in [4.78, 5) is 0. The average Bonchev–Trinajstić information content (AvgIpc) is 1.81. The molecule has 0 aromatic carbocycles. The van der Waals surface area contributed by atoms with E-state index in [4.69, 9.17) is 5.26 Å².